The maximum Gasteiger partial charge on any atom is 0.417 e. The van der Waals surface area contributed by atoms with Gasteiger partial charge in [-0.2, -0.15) is 26.6 Å². The first-order valence-electron chi connectivity index (χ1n) is 7.03. The maximum atomic E-state index is 13.0. The van der Waals surface area contributed by atoms with Gasteiger partial charge < -0.3 is 20.8 Å². The number of carbonyl (C=O) groups is 1. The van der Waals surface area contributed by atoms with Gasteiger partial charge in [-0.1, -0.05) is 0 Å². The SMILES string of the molecule is CNC(N)=NC(=O)c1cc2c(C(F)(F)F)ccc(OC)c2[nH]1.CS(=O)(=O)O. The number of aliphatic imine (C=N–C) groups is 1. The van der Waals surface area contributed by atoms with Crippen LogP contribution in [-0.4, -0.2) is 50.2 Å². The van der Waals surface area contributed by atoms with Gasteiger partial charge in [-0.05, 0) is 18.2 Å². The molecule has 1 heterocycles. The van der Waals surface area contributed by atoms with Crippen LogP contribution in [0, 0.1) is 0 Å². The predicted molar refractivity (Wildman–Crippen MR) is 92.3 cm³/mol. The lowest BCUT2D eigenvalue weighted by molar-refractivity contribution is -0.136. The van der Waals surface area contributed by atoms with Crippen LogP contribution in [0.25, 0.3) is 10.9 Å². The number of benzene rings is 1. The molecule has 1 aromatic carbocycles. The van der Waals surface area contributed by atoms with Crippen molar-refractivity contribution in [1.29, 1.82) is 0 Å². The molecule has 5 N–H and O–H groups in total. The van der Waals surface area contributed by atoms with Gasteiger partial charge in [0.1, 0.15) is 11.4 Å². The van der Waals surface area contributed by atoms with Crippen LogP contribution in [-0.2, 0) is 16.3 Å². The molecule has 150 valence electrons. The molecule has 13 heteroatoms. The zero-order chi connectivity index (χ0) is 21.0. The average molecular weight is 410 g/mol. The molecule has 0 aliphatic heterocycles. The second-order valence-electron chi connectivity index (χ2n) is 5.07. The number of alkyl halides is 3. The highest BCUT2D eigenvalue weighted by Gasteiger charge is 2.34. The minimum Gasteiger partial charge on any atom is -0.495 e. The van der Waals surface area contributed by atoms with Crippen molar-refractivity contribution in [3.8, 4) is 5.75 Å². The van der Waals surface area contributed by atoms with Gasteiger partial charge in [0.05, 0.1) is 24.4 Å². The van der Waals surface area contributed by atoms with Crippen LogP contribution in [0.5, 0.6) is 5.75 Å². The molecule has 0 bridgehead atoms. The number of halogens is 3. The summed E-state index contributed by atoms with van der Waals surface area (Å²) in [5, 5.41) is 2.27. The van der Waals surface area contributed by atoms with Gasteiger partial charge in [-0.3, -0.25) is 9.35 Å². The normalized spacial score (nSPS) is 12.3. The fourth-order valence-electron chi connectivity index (χ4n) is 1.95. The molecule has 0 saturated heterocycles. The fourth-order valence-corrected chi connectivity index (χ4v) is 1.95. The van der Waals surface area contributed by atoms with E-state index in [0.717, 1.165) is 12.1 Å². The summed E-state index contributed by atoms with van der Waals surface area (Å²) in [4.78, 5) is 18.0. The van der Waals surface area contributed by atoms with Crippen LogP contribution in [0.15, 0.2) is 23.2 Å². The average Bonchev–Trinajstić information content (AvgIpc) is 2.96. The van der Waals surface area contributed by atoms with Gasteiger partial charge in [0.2, 0.25) is 0 Å². The first-order chi connectivity index (χ1) is 12.3. The highest BCUT2D eigenvalue weighted by Crippen LogP contribution is 2.38. The van der Waals surface area contributed by atoms with Gasteiger partial charge >= 0.3 is 6.18 Å². The summed E-state index contributed by atoms with van der Waals surface area (Å²) in [6.45, 7) is 0. The summed E-state index contributed by atoms with van der Waals surface area (Å²) in [6, 6.07) is 3.16. The Balaban J connectivity index is 0.000000646. The molecule has 0 atom stereocenters. The lowest BCUT2D eigenvalue weighted by atomic mass is 10.1. The van der Waals surface area contributed by atoms with Gasteiger partial charge in [-0.25, -0.2) is 0 Å². The molecule has 27 heavy (non-hydrogen) atoms. The first-order valence-corrected chi connectivity index (χ1v) is 8.88. The van der Waals surface area contributed by atoms with Crippen LogP contribution in [0.4, 0.5) is 13.2 Å². The Hall–Kier alpha value is -2.80. The summed E-state index contributed by atoms with van der Waals surface area (Å²) in [5.74, 6) is -0.752. The highest BCUT2D eigenvalue weighted by molar-refractivity contribution is 7.85. The summed E-state index contributed by atoms with van der Waals surface area (Å²) < 4.78 is 70.0. The number of guanidine groups is 1. The number of hydrogen-bond acceptors (Lipinski definition) is 4. The Bertz CT molecular complexity index is 959. The number of rotatable bonds is 2. The second-order valence-corrected chi connectivity index (χ2v) is 6.54. The number of hydrogen-bond donors (Lipinski definition) is 4. The fraction of sp³-hybridized carbons (Fsp3) is 0.286. The molecule has 0 spiro atoms. The van der Waals surface area contributed by atoms with Crippen molar-refractivity contribution in [2.24, 2.45) is 10.7 Å². The number of amides is 1. The number of H-pyrrole nitrogens is 1. The van der Waals surface area contributed by atoms with Crippen LogP contribution < -0.4 is 15.8 Å². The number of nitrogens with one attached hydrogen (secondary N) is 2. The van der Waals surface area contributed by atoms with Crippen molar-refractivity contribution < 1.29 is 35.7 Å². The van der Waals surface area contributed by atoms with E-state index in [2.05, 4.69) is 15.3 Å². The molecule has 0 aliphatic carbocycles. The monoisotopic (exact) mass is 410 g/mol. The minimum absolute atomic E-state index is 0.0684. The Labute approximate surface area is 152 Å². The Morgan fingerprint density at radius 3 is 2.37 bits per heavy atom. The first kappa shape index (κ1) is 22.2. The van der Waals surface area contributed by atoms with Crippen LogP contribution >= 0.6 is 0 Å². The number of aromatic amines is 1. The summed E-state index contributed by atoms with van der Waals surface area (Å²) in [7, 11) is -0.885. The van der Waals surface area contributed by atoms with Crippen molar-refractivity contribution in [3.05, 3.63) is 29.5 Å². The second kappa shape index (κ2) is 8.26. The van der Waals surface area contributed by atoms with Gasteiger partial charge in [0.15, 0.2) is 5.96 Å². The Kier molecular flexibility index (Phi) is 6.81. The van der Waals surface area contributed by atoms with E-state index in [9.17, 15) is 26.4 Å². The van der Waals surface area contributed by atoms with E-state index in [1.807, 2.05) is 0 Å². The molecule has 2 aromatic rings. The third kappa shape index (κ3) is 6.45. The van der Waals surface area contributed by atoms with Crippen molar-refractivity contribution in [3.63, 3.8) is 0 Å². The van der Waals surface area contributed by atoms with Gasteiger partial charge in [0, 0.05) is 12.4 Å². The van der Waals surface area contributed by atoms with Crippen molar-refractivity contribution in [2.45, 2.75) is 6.18 Å². The van der Waals surface area contributed by atoms with E-state index < -0.39 is 27.8 Å². The number of aromatic nitrogens is 1. The Morgan fingerprint density at radius 2 is 1.93 bits per heavy atom. The summed E-state index contributed by atoms with van der Waals surface area (Å²) >= 11 is 0. The highest BCUT2D eigenvalue weighted by atomic mass is 32.2. The number of carbonyl (C=O) groups excluding carboxylic acids is 1. The molecule has 0 fully saturated rings. The number of nitrogens with zero attached hydrogens (tertiary/aromatic N) is 1. The van der Waals surface area contributed by atoms with E-state index >= 15 is 0 Å². The molecule has 0 saturated carbocycles. The zero-order valence-electron chi connectivity index (χ0n) is 14.4. The van der Waals surface area contributed by atoms with Gasteiger partial charge in [0.25, 0.3) is 16.0 Å². The molecule has 2 rings (SSSR count). The van der Waals surface area contributed by atoms with Gasteiger partial charge in [-0.15, -0.1) is 0 Å². The molecule has 9 nitrogen and oxygen atoms in total. The smallest absolute Gasteiger partial charge is 0.417 e. The van der Waals surface area contributed by atoms with E-state index in [4.69, 9.17) is 15.0 Å². The molecule has 0 unspecified atom stereocenters. The Morgan fingerprint density at radius 1 is 1.37 bits per heavy atom. The molecule has 1 amide bonds. The van der Waals surface area contributed by atoms with E-state index in [0.29, 0.717) is 6.26 Å². The molecular weight excluding hydrogens is 393 g/mol. The predicted octanol–water partition coefficient (Wildman–Crippen LogP) is 1.37. The lowest BCUT2D eigenvalue weighted by Gasteiger charge is -2.09. The topological polar surface area (TPSA) is 147 Å². The number of nitrogens with two attached hydrogens (primary N) is 1. The molecule has 0 radical (unpaired) electrons. The molecular formula is C14H17F3N4O5S. The van der Waals surface area contributed by atoms with Crippen LogP contribution in [0.1, 0.15) is 16.1 Å². The van der Waals surface area contributed by atoms with Crippen molar-refractivity contribution >= 4 is 32.9 Å². The van der Waals surface area contributed by atoms with E-state index in [1.165, 1.54) is 20.2 Å². The molecule has 0 aliphatic rings. The van der Waals surface area contributed by atoms with Crippen molar-refractivity contribution in [2.75, 3.05) is 20.4 Å². The van der Waals surface area contributed by atoms with E-state index in [-0.39, 0.29) is 28.3 Å². The minimum atomic E-state index is -4.56. The third-order valence-electron chi connectivity index (χ3n) is 2.99. The maximum absolute atomic E-state index is 13.0. The van der Waals surface area contributed by atoms with Crippen molar-refractivity contribution in [1.82, 2.24) is 10.3 Å². The largest absolute Gasteiger partial charge is 0.495 e. The number of ether oxygens (including phenoxy) is 1. The van der Waals surface area contributed by atoms with Crippen LogP contribution in [0.3, 0.4) is 0 Å². The number of fused-ring (bicyclic) bond motifs is 1. The quantitative estimate of drug-likeness (QED) is 0.332. The number of methoxy groups -OCH3 is 1. The molecule has 1 aromatic heterocycles. The third-order valence-corrected chi connectivity index (χ3v) is 2.99. The lowest BCUT2D eigenvalue weighted by Crippen LogP contribution is -2.28. The zero-order valence-corrected chi connectivity index (χ0v) is 15.2. The summed E-state index contributed by atoms with van der Waals surface area (Å²) in [6.07, 6.45) is -3.84. The summed E-state index contributed by atoms with van der Waals surface area (Å²) in [5.41, 5.74) is 4.44. The standard InChI is InChI=1S/C13H13F3N4O2.CH4O3S/c1-18-12(17)20-11(21)8-5-6-7(13(14,15)16)3-4-9(22-2)10(6)19-8;1-5(2,3)4/h3-5,19H,1-2H3,(H3,17,18,20,21);1H3,(H,2,3,4). The van der Waals surface area contributed by atoms with E-state index in [1.54, 1.807) is 0 Å². The van der Waals surface area contributed by atoms with Crippen LogP contribution in [0.2, 0.25) is 0 Å².